The quantitative estimate of drug-likeness (QED) is 0.341. The number of fused-ring (bicyclic) bond motifs is 6. The van der Waals surface area contributed by atoms with Crippen LogP contribution < -0.4 is 4.65 Å². The highest BCUT2D eigenvalue weighted by Gasteiger charge is 2.22. The van der Waals surface area contributed by atoms with Crippen molar-refractivity contribution in [1.29, 1.82) is 0 Å². The Morgan fingerprint density at radius 1 is 0.686 bits per heavy atom. The smallest absolute Gasteiger partial charge is 0.504 e. The van der Waals surface area contributed by atoms with Crippen LogP contribution in [0.15, 0.2) is 101 Å². The Balaban J connectivity index is 1.63. The van der Waals surface area contributed by atoms with E-state index in [1.165, 1.54) is 0 Å². The summed E-state index contributed by atoms with van der Waals surface area (Å²) in [5.74, 6) is 1.02. The first-order valence-corrected chi connectivity index (χ1v) is 11.3. The number of hydrogen-bond donors (Lipinski definition) is 1. The zero-order chi connectivity index (χ0) is 23.4. The molecule has 0 saturated heterocycles. The van der Waals surface area contributed by atoms with Crippen LogP contribution in [0.25, 0.3) is 61.1 Å². The summed E-state index contributed by atoms with van der Waals surface area (Å²) >= 11 is 0. The van der Waals surface area contributed by atoms with Gasteiger partial charge in [-0.1, -0.05) is 72.8 Å². The molecule has 4 aromatic carbocycles. The molecule has 7 aromatic rings. The van der Waals surface area contributed by atoms with Crippen LogP contribution in [0.3, 0.4) is 0 Å². The lowest BCUT2D eigenvalue weighted by atomic mass is 10.1. The molecule has 0 bridgehead atoms. The molecular formula is C28H18BN3O3. The number of furan rings is 1. The molecule has 0 radical (unpaired) electrons. The average Bonchev–Trinajstić information content (AvgIpc) is 3.45. The minimum Gasteiger partial charge on any atom is -0.536 e. The van der Waals surface area contributed by atoms with Crippen LogP contribution in [-0.4, -0.2) is 27.2 Å². The summed E-state index contributed by atoms with van der Waals surface area (Å²) in [4.78, 5) is 10.1. The van der Waals surface area contributed by atoms with Gasteiger partial charge in [0.25, 0.3) is 0 Å². The molecule has 3 aromatic heterocycles. The fourth-order valence-corrected chi connectivity index (χ4v) is 4.84. The standard InChI is InChI=1S/C28H18BN3O3/c33-29-35-23-16-8-13-20-25-27(34-26(20)23)24(17-9-2-1-3-10-17)30-28(31-25)32-21-14-6-4-11-18(21)19-12-5-7-15-22(19)32/h1-16,29,33H. The Bertz CT molecular complexity index is 1820. The van der Waals surface area contributed by atoms with E-state index in [4.69, 9.17) is 19.0 Å². The summed E-state index contributed by atoms with van der Waals surface area (Å²) in [5, 5.41) is 12.4. The lowest BCUT2D eigenvalue weighted by Gasteiger charge is -2.09. The average molecular weight is 455 g/mol. The van der Waals surface area contributed by atoms with Crippen molar-refractivity contribution in [3.8, 4) is 23.0 Å². The molecule has 0 aliphatic heterocycles. The second kappa shape index (κ2) is 7.72. The molecule has 0 aliphatic rings. The van der Waals surface area contributed by atoms with Gasteiger partial charge in [-0.15, -0.1) is 0 Å². The number of benzene rings is 4. The number of rotatable bonds is 4. The first-order valence-electron chi connectivity index (χ1n) is 11.3. The Kier molecular flexibility index (Phi) is 4.37. The molecule has 1 N–H and O–H groups in total. The van der Waals surface area contributed by atoms with Crippen molar-refractivity contribution in [1.82, 2.24) is 14.5 Å². The second-order valence-corrected chi connectivity index (χ2v) is 8.29. The Morgan fingerprint density at radius 3 is 2.06 bits per heavy atom. The number of para-hydroxylation sites is 3. The Morgan fingerprint density at radius 2 is 1.34 bits per heavy atom. The van der Waals surface area contributed by atoms with E-state index in [1.807, 2.05) is 66.7 Å². The molecular weight excluding hydrogens is 437 g/mol. The molecule has 7 rings (SSSR count). The van der Waals surface area contributed by atoms with E-state index in [9.17, 15) is 5.02 Å². The van der Waals surface area contributed by atoms with Gasteiger partial charge in [0.1, 0.15) is 17.0 Å². The van der Waals surface area contributed by atoms with E-state index in [1.54, 1.807) is 6.07 Å². The second-order valence-electron chi connectivity index (χ2n) is 8.29. The van der Waals surface area contributed by atoms with Crippen molar-refractivity contribution in [3.05, 3.63) is 97.1 Å². The molecule has 0 atom stereocenters. The van der Waals surface area contributed by atoms with Crippen molar-refractivity contribution in [2.24, 2.45) is 0 Å². The Hall–Kier alpha value is -4.62. The van der Waals surface area contributed by atoms with Gasteiger partial charge in [-0.05, 0) is 24.3 Å². The SMILES string of the molecule is OBOc1cccc2c1oc1c(-c3ccccc3)nc(-n3c4ccccc4c4ccccc43)nc12. The third-order valence-corrected chi connectivity index (χ3v) is 6.34. The van der Waals surface area contributed by atoms with Gasteiger partial charge in [0, 0.05) is 16.3 Å². The van der Waals surface area contributed by atoms with Gasteiger partial charge in [0.05, 0.1) is 16.4 Å². The van der Waals surface area contributed by atoms with Gasteiger partial charge < -0.3 is 14.1 Å². The summed E-state index contributed by atoms with van der Waals surface area (Å²) in [6.07, 6.45) is 0. The lowest BCUT2D eigenvalue weighted by Crippen LogP contribution is -2.02. The molecule has 35 heavy (non-hydrogen) atoms. The first kappa shape index (κ1) is 19.8. The maximum atomic E-state index is 9.36. The third-order valence-electron chi connectivity index (χ3n) is 6.34. The van der Waals surface area contributed by atoms with Gasteiger partial charge in [-0.25, -0.2) is 9.97 Å². The molecule has 0 amide bonds. The molecule has 7 heteroatoms. The predicted octanol–water partition coefficient (Wildman–Crippen LogP) is 5.78. The van der Waals surface area contributed by atoms with Crippen molar-refractivity contribution in [2.45, 2.75) is 0 Å². The summed E-state index contributed by atoms with van der Waals surface area (Å²) < 4.78 is 13.8. The van der Waals surface area contributed by atoms with Crippen LogP contribution in [0.4, 0.5) is 0 Å². The molecule has 0 unspecified atom stereocenters. The number of hydrogen-bond acceptors (Lipinski definition) is 5. The molecule has 166 valence electrons. The van der Waals surface area contributed by atoms with Crippen molar-refractivity contribution >= 4 is 51.6 Å². The normalized spacial score (nSPS) is 11.6. The van der Waals surface area contributed by atoms with E-state index in [0.29, 0.717) is 34.1 Å². The van der Waals surface area contributed by atoms with Gasteiger partial charge in [0.15, 0.2) is 11.2 Å². The lowest BCUT2D eigenvalue weighted by molar-refractivity contribution is 0.451. The van der Waals surface area contributed by atoms with E-state index in [2.05, 4.69) is 28.8 Å². The topological polar surface area (TPSA) is 73.3 Å². The highest BCUT2D eigenvalue weighted by molar-refractivity contribution is 6.18. The van der Waals surface area contributed by atoms with Crippen LogP contribution >= 0.6 is 0 Å². The molecule has 3 heterocycles. The summed E-state index contributed by atoms with van der Waals surface area (Å²) in [6.45, 7) is 0. The maximum Gasteiger partial charge on any atom is 0.504 e. The fourth-order valence-electron chi connectivity index (χ4n) is 4.84. The van der Waals surface area contributed by atoms with Gasteiger partial charge >= 0.3 is 7.69 Å². The predicted molar refractivity (Wildman–Crippen MR) is 139 cm³/mol. The fraction of sp³-hybridized carbons (Fsp3) is 0. The highest BCUT2D eigenvalue weighted by Crippen LogP contribution is 2.39. The van der Waals surface area contributed by atoms with Gasteiger partial charge in [0.2, 0.25) is 5.95 Å². The molecule has 0 fully saturated rings. The minimum atomic E-state index is -0.444. The van der Waals surface area contributed by atoms with Crippen LogP contribution in [0.2, 0.25) is 0 Å². The highest BCUT2D eigenvalue weighted by atomic mass is 16.5. The van der Waals surface area contributed by atoms with Gasteiger partial charge in [-0.2, -0.15) is 0 Å². The third kappa shape index (κ3) is 2.95. The Labute approximate surface area is 200 Å². The molecule has 6 nitrogen and oxygen atoms in total. The summed E-state index contributed by atoms with van der Waals surface area (Å²) in [5.41, 5.74) is 5.47. The first-order chi connectivity index (χ1) is 17.3. The molecule has 0 aliphatic carbocycles. The number of nitrogens with zero attached hydrogens (tertiary/aromatic N) is 3. The van der Waals surface area contributed by atoms with Crippen LogP contribution in [0.5, 0.6) is 5.75 Å². The van der Waals surface area contributed by atoms with Crippen LogP contribution in [0, 0.1) is 0 Å². The van der Waals surface area contributed by atoms with Gasteiger partial charge in [-0.3, -0.25) is 4.57 Å². The van der Waals surface area contributed by atoms with E-state index >= 15 is 0 Å². The van der Waals surface area contributed by atoms with Crippen molar-refractivity contribution in [2.75, 3.05) is 0 Å². The zero-order valence-corrected chi connectivity index (χ0v) is 18.6. The van der Waals surface area contributed by atoms with E-state index < -0.39 is 7.69 Å². The number of aromatic nitrogens is 3. The maximum absolute atomic E-state index is 9.36. The zero-order valence-electron chi connectivity index (χ0n) is 18.6. The minimum absolute atomic E-state index is 0.444. The van der Waals surface area contributed by atoms with E-state index in [0.717, 1.165) is 32.8 Å². The van der Waals surface area contributed by atoms with Crippen LogP contribution in [0.1, 0.15) is 0 Å². The summed E-state index contributed by atoms with van der Waals surface area (Å²) in [6, 6.07) is 32.1. The summed E-state index contributed by atoms with van der Waals surface area (Å²) in [7, 11) is -0.444. The van der Waals surface area contributed by atoms with Crippen molar-refractivity contribution < 1.29 is 14.1 Å². The monoisotopic (exact) mass is 455 g/mol. The van der Waals surface area contributed by atoms with E-state index in [-0.39, 0.29) is 0 Å². The largest absolute Gasteiger partial charge is 0.536 e. The van der Waals surface area contributed by atoms with Crippen LogP contribution in [-0.2, 0) is 0 Å². The molecule has 0 spiro atoms. The van der Waals surface area contributed by atoms with Crippen molar-refractivity contribution in [3.63, 3.8) is 0 Å². The molecule has 0 saturated carbocycles.